The average molecular weight is 219 g/mol. The number of hydrogen-bond donors (Lipinski definition) is 0. The van der Waals surface area contributed by atoms with E-state index < -0.39 is 8.80 Å². The molecule has 0 fully saturated rings. The Kier molecular flexibility index (Phi) is 7.45. The van der Waals surface area contributed by atoms with E-state index in [0.29, 0.717) is 19.8 Å². The molecule has 0 amide bonds. The smallest absolute Gasteiger partial charge is 0.374 e. The molecule has 1 radical (unpaired) electrons. The Morgan fingerprint density at radius 2 is 1.36 bits per heavy atom. The highest BCUT2D eigenvalue weighted by Crippen LogP contribution is 2.28. The lowest BCUT2D eigenvalue weighted by Gasteiger charge is -2.32. The maximum Gasteiger partial charge on any atom is 0.503 e. The van der Waals surface area contributed by atoms with Gasteiger partial charge in [-0.25, -0.2) is 0 Å². The van der Waals surface area contributed by atoms with Crippen LogP contribution >= 0.6 is 0 Å². The Labute approximate surface area is 89.1 Å². The molecule has 0 rings (SSSR count). The Morgan fingerprint density at radius 1 is 1.00 bits per heavy atom. The quantitative estimate of drug-likeness (QED) is 0.587. The lowest BCUT2D eigenvalue weighted by atomic mass is 10.4. The Bertz CT molecular complexity index is 124. The van der Waals surface area contributed by atoms with Crippen LogP contribution in [0.4, 0.5) is 0 Å². The minimum absolute atomic E-state index is 0.266. The van der Waals surface area contributed by atoms with Gasteiger partial charge in [0.05, 0.1) is 0 Å². The van der Waals surface area contributed by atoms with Gasteiger partial charge in [0, 0.05) is 25.4 Å². The van der Waals surface area contributed by atoms with E-state index in [2.05, 4.69) is 13.8 Å². The molecule has 0 aliphatic rings. The second-order valence-electron chi connectivity index (χ2n) is 3.09. The van der Waals surface area contributed by atoms with Crippen LogP contribution in [0.3, 0.4) is 0 Å². The molecule has 0 N–H and O–H groups in total. The highest BCUT2D eigenvalue weighted by Gasteiger charge is 2.45. The van der Waals surface area contributed by atoms with Crippen LogP contribution in [0.1, 0.15) is 34.1 Å². The fourth-order valence-corrected chi connectivity index (χ4v) is 4.00. The molecule has 1 unspecified atom stereocenters. The first-order valence-corrected chi connectivity index (χ1v) is 7.18. The van der Waals surface area contributed by atoms with E-state index in [9.17, 15) is 0 Å². The lowest BCUT2D eigenvalue weighted by Crippen LogP contribution is -2.49. The van der Waals surface area contributed by atoms with Crippen molar-refractivity contribution in [3.63, 3.8) is 0 Å². The summed E-state index contributed by atoms with van der Waals surface area (Å²) in [6, 6.07) is 0. The number of hydrogen-bond acceptors (Lipinski definition) is 3. The molecule has 4 heteroatoms. The summed E-state index contributed by atoms with van der Waals surface area (Å²) in [7, 11) is -2.46. The van der Waals surface area contributed by atoms with Crippen molar-refractivity contribution in [1.29, 1.82) is 0 Å². The van der Waals surface area contributed by atoms with Crippen LogP contribution in [0, 0.1) is 6.92 Å². The topological polar surface area (TPSA) is 27.7 Å². The summed E-state index contributed by atoms with van der Waals surface area (Å²) in [5.74, 6) is 0. The van der Waals surface area contributed by atoms with E-state index in [-0.39, 0.29) is 5.54 Å². The van der Waals surface area contributed by atoms with Gasteiger partial charge in [0.2, 0.25) is 0 Å². The molecule has 0 aromatic rings. The Hall–Kier alpha value is 0.0969. The normalized spacial score (nSPS) is 14.4. The van der Waals surface area contributed by atoms with E-state index in [1.807, 2.05) is 20.8 Å². The molecule has 0 heterocycles. The van der Waals surface area contributed by atoms with Crippen LogP contribution in [-0.2, 0) is 13.3 Å². The standard InChI is InChI=1S/C10H23O3Si/c1-6-10(5)14(11-7-2,12-8-3)13-9-4/h10H,1,6-9H2,2-5H3. The first kappa shape index (κ1) is 14.1. The molecule has 0 aliphatic carbocycles. The molecular formula is C10H23O3Si. The van der Waals surface area contributed by atoms with E-state index in [1.165, 1.54) is 0 Å². The van der Waals surface area contributed by atoms with E-state index in [0.717, 1.165) is 6.42 Å². The van der Waals surface area contributed by atoms with E-state index in [1.54, 1.807) is 0 Å². The molecule has 0 saturated carbocycles. The molecule has 0 bridgehead atoms. The van der Waals surface area contributed by atoms with Crippen LogP contribution in [0.25, 0.3) is 0 Å². The van der Waals surface area contributed by atoms with Gasteiger partial charge in [0.25, 0.3) is 0 Å². The summed E-state index contributed by atoms with van der Waals surface area (Å²) in [4.78, 5) is 0. The minimum Gasteiger partial charge on any atom is -0.374 e. The van der Waals surface area contributed by atoms with Crippen molar-refractivity contribution in [3.05, 3.63) is 6.92 Å². The molecule has 0 aromatic heterocycles. The van der Waals surface area contributed by atoms with Crippen LogP contribution < -0.4 is 0 Å². The summed E-state index contributed by atoms with van der Waals surface area (Å²) in [5.41, 5.74) is 0.266. The second-order valence-corrected chi connectivity index (χ2v) is 6.15. The van der Waals surface area contributed by atoms with Gasteiger partial charge < -0.3 is 13.3 Å². The first-order chi connectivity index (χ1) is 6.66. The van der Waals surface area contributed by atoms with Crippen molar-refractivity contribution in [2.24, 2.45) is 0 Å². The zero-order valence-electron chi connectivity index (χ0n) is 9.84. The van der Waals surface area contributed by atoms with Crippen molar-refractivity contribution >= 4 is 8.80 Å². The largest absolute Gasteiger partial charge is 0.503 e. The molecule has 85 valence electrons. The lowest BCUT2D eigenvalue weighted by molar-refractivity contribution is 0.0626. The summed E-state index contributed by atoms with van der Waals surface area (Å²) >= 11 is 0. The first-order valence-electron chi connectivity index (χ1n) is 5.37. The fraction of sp³-hybridized carbons (Fsp3) is 0.900. The van der Waals surface area contributed by atoms with E-state index >= 15 is 0 Å². The molecule has 0 saturated heterocycles. The molecule has 14 heavy (non-hydrogen) atoms. The third-order valence-corrected chi connectivity index (χ3v) is 5.64. The maximum absolute atomic E-state index is 5.72. The summed E-state index contributed by atoms with van der Waals surface area (Å²) < 4.78 is 17.2. The van der Waals surface area contributed by atoms with Crippen LogP contribution in [-0.4, -0.2) is 28.6 Å². The Balaban J connectivity index is 4.53. The maximum atomic E-state index is 5.72. The van der Waals surface area contributed by atoms with E-state index in [4.69, 9.17) is 13.3 Å². The van der Waals surface area contributed by atoms with Gasteiger partial charge in [0.1, 0.15) is 0 Å². The van der Waals surface area contributed by atoms with Gasteiger partial charge in [-0.15, -0.1) is 0 Å². The predicted octanol–water partition coefficient (Wildman–Crippen LogP) is 2.65. The minimum atomic E-state index is -2.46. The van der Waals surface area contributed by atoms with Crippen LogP contribution in [0.15, 0.2) is 0 Å². The molecular weight excluding hydrogens is 196 g/mol. The Morgan fingerprint density at radius 3 is 1.57 bits per heavy atom. The zero-order chi connectivity index (χ0) is 11.0. The van der Waals surface area contributed by atoms with Crippen molar-refractivity contribution < 1.29 is 13.3 Å². The predicted molar refractivity (Wildman–Crippen MR) is 60.0 cm³/mol. The van der Waals surface area contributed by atoms with Crippen molar-refractivity contribution in [2.75, 3.05) is 19.8 Å². The molecule has 3 nitrogen and oxygen atoms in total. The SMILES string of the molecule is [CH2]CC(C)[Si](OCC)(OCC)OCC. The van der Waals surface area contributed by atoms with Crippen molar-refractivity contribution in [3.8, 4) is 0 Å². The zero-order valence-corrected chi connectivity index (χ0v) is 10.8. The van der Waals surface area contributed by atoms with Crippen molar-refractivity contribution in [1.82, 2.24) is 0 Å². The van der Waals surface area contributed by atoms with Gasteiger partial charge in [-0.1, -0.05) is 13.8 Å². The highest BCUT2D eigenvalue weighted by atomic mass is 28.4. The van der Waals surface area contributed by atoms with Gasteiger partial charge in [-0.3, -0.25) is 0 Å². The molecule has 0 aliphatic heterocycles. The van der Waals surface area contributed by atoms with Crippen molar-refractivity contribution in [2.45, 2.75) is 39.7 Å². The third-order valence-electron chi connectivity index (χ3n) is 2.07. The summed E-state index contributed by atoms with van der Waals surface area (Å²) in [5, 5.41) is 0. The molecule has 0 aromatic carbocycles. The summed E-state index contributed by atoms with van der Waals surface area (Å²) in [6.07, 6.45) is 0.784. The van der Waals surface area contributed by atoms with Gasteiger partial charge >= 0.3 is 8.80 Å². The highest BCUT2D eigenvalue weighted by molar-refractivity contribution is 6.62. The second kappa shape index (κ2) is 7.40. The summed E-state index contributed by atoms with van der Waals surface area (Å²) in [6.45, 7) is 13.8. The van der Waals surface area contributed by atoms with Gasteiger partial charge in [-0.2, -0.15) is 0 Å². The van der Waals surface area contributed by atoms with Crippen LogP contribution in [0.5, 0.6) is 0 Å². The number of rotatable bonds is 8. The van der Waals surface area contributed by atoms with Gasteiger partial charge in [-0.05, 0) is 27.2 Å². The van der Waals surface area contributed by atoms with Crippen LogP contribution in [0.2, 0.25) is 5.54 Å². The molecule has 1 atom stereocenters. The molecule has 0 spiro atoms. The monoisotopic (exact) mass is 219 g/mol. The third kappa shape index (κ3) is 3.69. The van der Waals surface area contributed by atoms with Gasteiger partial charge in [0.15, 0.2) is 0 Å². The fourth-order valence-electron chi connectivity index (χ4n) is 1.33. The average Bonchev–Trinajstić information content (AvgIpc) is 2.17.